The molecule has 124 valence electrons. The molecule has 0 aromatic rings. The van der Waals surface area contributed by atoms with Gasteiger partial charge in [-0.1, -0.05) is 46.5 Å². The van der Waals surface area contributed by atoms with Crippen LogP contribution >= 0.6 is 0 Å². The number of hydrogen-bond donors (Lipinski definition) is 0. The topological polar surface area (TPSA) is 23.6 Å². The summed E-state index contributed by atoms with van der Waals surface area (Å²) in [6.07, 6.45) is 9.78. The summed E-state index contributed by atoms with van der Waals surface area (Å²) in [7, 11) is 0. The van der Waals surface area contributed by atoms with Crippen LogP contribution in [-0.2, 0) is 4.79 Å². The Morgan fingerprint density at radius 1 is 0.857 bits per heavy atom. The number of hydrogen-bond acceptors (Lipinski definition) is 3. The summed E-state index contributed by atoms with van der Waals surface area (Å²) in [5.41, 5.74) is -0.0539. The lowest BCUT2D eigenvalue weighted by atomic mass is 9.81. The molecule has 1 aliphatic rings. The molecule has 0 atom stereocenters. The maximum atomic E-state index is 11.7. The lowest BCUT2D eigenvalue weighted by molar-refractivity contribution is -0.118. The van der Waals surface area contributed by atoms with Gasteiger partial charge >= 0.3 is 0 Å². The van der Waals surface area contributed by atoms with Crippen LogP contribution in [0.3, 0.4) is 0 Å². The fraction of sp³-hybridized carbons (Fsp3) is 0.944. The van der Waals surface area contributed by atoms with Gasteiger partial charge in [0, 0.05) is 12.0 Å². The Labute approximate surface area is 132 Å². The highest BCUT2D eigenvalue weighted by Gasteiger charge is 2.32. The Morgan fingerprint density at radius 2 is 1.38 bits per heavy atom. The van der Waals surface area contributed by atoms with Gasteiger partial charge in [0.15, 0.2) is 0 Å². The zero-order chi connectivity index (χ0) is 15.6. The molecule has 0 aromatic carbocycles. The van der Waals surface area contributed by atoms with Gasteiger partial charge in [0.25, 0.3) is 0 Å². The maximum Gasteiger partial charge on any atom is 0.127 e. The second kappa shape index (κ2) is 10.3. The van der Waals surface area contributed by atoms with Crippen LogP contribution < -0.4 is 0 Å². The van der Waals surface area contributed by atoms with Crippen molar-refractivity contribution in [2.45, 2.75) is 65.7 Å². The van der Waals surface area contributed by atoms with Gasteiger partial charge in [-0.3, -0.25) is 0 Å². The van der Waals surface area contributed by atoms with Crippen molar-refractivity contribution < 1.29 is 4.79 Å². The maximum absolute atomic E-state index is 11.7. The summed E-state index contributed by atoms with van der Waals surface area (Å²) >= 11 is 0. The number of rotatable bonds is 10. The Morgan fingerprint density at radius 3 is 1.86 bits per heavy atom. The van der Waals surface area contributed by atoms with Crippen molar-refractivity contribution in [3.8, 4) is 0 Å². The molecule has 3 nitrogen and oxygen atoms in total. The van der Waals surface area contributed by atoms with Gasteiger partial charge in [0.2, 0.25) is 0 Å². The Hall–Kier alpha value is -0.410. The second-order valence-electron chi connectivity index (χ2n) is 6.64. The van der Waals surface area contributed by atoms with Crippen molar-refractivity contribution in [3.05, 3.63) is 0 Å². The van der Waals surface area contributed by atoms with Crippen LogP contribution in [0.25, 0.3) is 0 Å². The third kappa shape index (κ3) is 6.48. The van der Waals surface area contributed by atoms with E-state index >= 15 is 0 Å². The monoisotopic (exact) mass is 296 g/mol. The first kappa shape index (κ1) is 18.6. The molecule has 1 rings (SSSR count). The molecular formula is C18H36N2O. The average Bonchev–Trinajstić information content (AvgIpc) is 2.76. The number of nitrogens with zero attached hydrogens (tertiary/aromatic N) is 2. The normalized spacial score (nSPS) is 18.9. The molecule has 0 saturated heterocycles. The molecule has 0 amide bonds. The minimum atomic E-state index is -0.0539. The molecule has 0 unspecified atom stereocenters. The van der Waals surface area contributed by atoms with Crippen molar-refractivity contribution in [3.63, 3.8) is 0 Å². The highest BCUT2D eigenvalue weighted by molar-refractivity contribution is 5.59. The van der Waals surface area contributed by atoms with E-state index in [-0.39, 0.29) is 5.41 Å². The number of carbonyl (C=O) groups is 1. The molecule has 1 aliphatic carbocycles. The van der Waals surface area contributed by atoms with Gasteiger partial charge < -0.3 is 14.6 Å². The quantitative estimate of drug-likeness (QED) is 0.455. The molecule has 0 aromatic heterocycles. The first-order valence-corrected chi connectivity index (χ1v) is 9.10. The van der Waals surface area contributed by atoms with Crippen LogP contribution in [0, 0.1) is 5.41 Å². The molecular weight excluding hydrogens is 260 g/mol. The van der Waals surface area contributed by atoms with Gasteiger partial charge in [0.1, 0.15) is 6.29 Å². The SMILES string of the molecule is CCN(CC)CCCN(CC)CC1(C=O)CCCCCC1. The van der Waals surface area contributed by atoms with Gasteiger partial charge in [0.05, 0.1) is 0 Å². The van der Waals surface area contributed by atoms with Gasteiger partial charge in [-0.05, 0) is 52.0 Å². The zero-order valence-electron chi connectivity index (χ0n) is 14.6. The lowest BCUT2D eigenvalue weighted by Crippen LogP contribution is -2.40. The second-order valence-corrected chi connectivity index (χ2v) is 6.64. The first-order chi connectivity index (χ1) is 10.2. The fourth-order valence-corrected chi connectivity index (χ4v) is 3.60. The van der Waals surface area contributed by atoms with Crippen LogP contribution in [-0.4, -0.2) is 55.4 Å². The van der Waals surface area contributed by atoms with Crippen molar-refractivity contribution in [1.29, 1.82) is 0 Å². The summed E-state index contributed by atoms with van der Waals surface area (Å²) in [4.78, 5) is 16.7. The highest BCUT2D eigenvalue weighted by atomic mass is 16.1. The van der Waals surface area contributed by atoms with Gasteiger partial charge in [-0.15, -0.1) is 0 Å². The van der Waals surface area contributed by atoms with Crippen molar-refractivity contribution >= 4 is 6.29 Å². The summed E-state index contributed by atoms with van der Waals surface area (Å²) in [6, 6.07) is 0. The predicted molar refractivity (Wildman–Crippen MR) is 90.7 cm³/mol. The summed E-state index contributed by atoms with van der Waals surface area (Å²) < 4.78 is 0. The van der Waals surface area contributed by atoms with Crippen molar-refractivity contribution in [1.82, 2.24) is 9.80 Å². The minimum Gasteiger partial charge on any atom is -0.304 e. The Balaban J connectivity index is 2.45. The minimum absolute atomic E-state index is 0.0539. The van der Waals surface area contributed by atoms with E-state index in [9.17, 15) is 4.79 Å². The largest absolute Gasteiger partial charge is 0.304 e. The average molecular weight is 296 g/mol. The van der Waals surface area contributed by atoms with Crippen LogP contribution in [0.5, 0.6) is 0 Å². The van der Waals surface area contributed by atoms with E-state index in [2.05, 4.69) is 30.6 Å². The molecule has 3 heteroatoms. The van der Waals surface area contributed by atoms with E-state index < -0.39 is 0 Å². The first-order valence-electron chi connectivity index (χ1n) is 9.10. The third-order valence-electron chi connectivity index (χ3n) is 5.18. The van der Waals surface area contributed by atoms with E-state index in [1.165, 1.54) is 44.9 Å². The molecule has 0 N–H and O–H groups in total. The number of carbonyl (C=O) groups excluding carboxylic acids is 1. The van der Waals surface area contributed by atoms with E-state index in [0.29, 0.717) is 0 Å². The molecule has 1 fully saturated rings. The fourth-order valence-electron chi connectivity index (χ4n) is 3.60. The summed E-state index contributed by atoms with van der Waals surface area (Å²) in [5, 5.41) is 0. The molecule has 0 bridgehead atoms. The van der Waals surface area contributed by atoms with Crippen LogP contribution in [0.15, 0.2) is 0 Å². The smallest absolute Gasteiger partial charge is 0.127 e. The lowest BCUT2D eigenvalue weighted by Gasteiger charge is -2.33. The molecule has 0 spiro atoms. The molecule has 0 heterocycles. The van der Waals surface area contributed by atoms with Gasteiger partial charge in [-0.2, -0.15) is 0 Å². The van der Waals surface area contributed by atoms with E-state index in [0.717, 1.165) is 45.6 Å². The van der Waals surface area contributed by atoms with Gasteiger partial charge in [-0.25, -0.2) is 0 Å². The van der Waals surface area contributed by atoms with Crippen LogP contribution in [0.1, 0.15) is 65.7 Å². The summed E-state index contributed by atoms with van der Waals surface area (Å²) in [6.45, 7) is 13.3. The van der Waals surface area contributed by atoms with Crippen LogP contribution in [0.2, 0.25) is 0 Å². The number of aldehydes is 1. The molecule has 21 heavy (non-hydrogen) atoms. The van der Waals surface area contributed by atoms with Crippen molar-refractivity contribution in [2.75, 3.05) is 39.3 Å². The third-order valence-corrected chi connectivity index (χ3v) is 5.18. The molecule has 0 radical (unpaired) electrons. The predicted octanol–water partition coefficient (Wildman–Crippen LogP) is 3.58. The molecule has 1 saturated carbocycles. The summed E-state index contributed by atoms with van der Waals surface area (Å²) in [5.74, 6) is 0. The van der Waals surface area contributed by atoms with E-state index in [1.807, 2.05) is 0 Å². The Bertz CT molecular complexity index is 268. The van der Waals surface area contributed by atoms with E-state index in [1.54, 1.807) is 0 Å². The molecule has 0 aliphatic heterocycles. The highest BCUT2D eigenvalue weighted by Crippen LogP contribution is 2.34. The van der Waals surface area contributed by atoms with Crippen molar-refractivity contribution in [2.24, 2.45) is 5.41 Å². The Kier molecular flexibility index (Phi) is 9.18. The van der Waals surface area contributed by atoms with Crippen LogP contribution in [0.4, 0.5) is 0 Å². The standard InChI is InChI=1S/C18H36N2O/c1-4-19(5-2)14-11-15-20(6-3)16-18(17-21)12-9-7-8-10-13-18/h17H,4-16H2,1-3H3. The zero-order valence-corrected chi connectivity index (χ0v) is 14.6. The van der Waals surface area contributed by atoms with E-state index in [4.69, 9.17) is 0 Å².